The zero-order valence-electron chi connectivity index (χ0n) is 9.68. The summed E-state index contributed by atoms with van der Waals surface area (Å²) < 4.78 is 12.9. The first kappa shape index (κ1) is 12.7. The predicted octanol–water partition coefficient (Wildman–Crippen LogP) is 0.312. The molecule has 8 heteroatoms. The van der Waals surface area contributed by atoms with E-state index in [2.05, 4.69) is 25.8 Å². The lowest BCUT2D eigenvalue weighted by Gasteiger charge is -2.05. The molecular formula is C11H10FN5O2. The summed E-state index contributed by atoms with van der Waals surface area (Å²) >= 11 is 0. The van der Waals surface area contributed by atoms with Crippen molar-refractivity contribution in [1.82, 2.24) is 20.5 Å². The van der Waals surface area contributed by atoms with E-state index in [4.69, 9.17) is 0 Å². The molecule has 0 aliphatic rings. The summed E-state index contributed by atoms with van der Waals surface area (Å²) in [6, 6.07) is 5.18. The van der Waals surface area contributed by atoms with Crippen LogP contribution in [0.25, 0.3) is 0 Å². The smallest absolute Gasteiger partial charge is 0.251 e. The topological polar surface area (TPSA) is 99.8 Å². The van der Waals surface area contributed by atoms with Gasteiger partial charge in [-0.1, -0.05) is 6.07 Å². The van der Waals surface area contributed by atoms with E-state index in [1.807, 2.05) is 0 Å². The predicted molar refractivity (Wildman–Crippen MR) is 63.7 cm³/mol. The monoisotopic (exact) mass is 263 g/mol. The normalized spacial score (nSPS) is 9.95. The van der Waals surface area contributed by atoms with Crippen LogP contribution in [0.4, 0.5) is 10.3 Å². The van der Waals surface area contributed by atoms with Crippen molar-refractivity contribution in [2.75, 3.05) is 11.9 Å². The van der Waals surface area contributed by atoms with Crippen LogP contribution in [0.5, 0.6) is 0 Å². The molecule has 19 heavy (non-hydrogen) atoms. The summed E-state index contributed by atoms with van der Waals surface area (Å²) in [5.41, 5.74) is 0.146. The van der Waals surface area contributed by atoms with Crippen molar-refractivity contribution in [3.8, 4) is 0 Å². The molecule has 1 heterocycles. The second-order valence-electron chi connectivity index (χ2n) is 3.58. The van der Waals surface area contributed by atoms with Gasteiger partial charge in [0.1, 0.15) is 12.1 Å². The number of carbonyl (C=O) groups excluding carboxylic acids is 2. The molecule has 1 aromatic heterocycles. The van der Waals surface area contributed by atoms with Crippen LogP contribution in [0.1, 0.15) is 10.4 Å². The van der Waals surface area contributed by atoms with Crippen LogP contribution in [0.15, 0.2) is 30.6 Å². The summed E-state index contributed by atoms with van der Waals surface area (Å²) in [5.74, 6) is -1.34. The fourth-order valence-electron chi connectivity index (χ4n) is 1.33. The molecule has 2 rings (SSSR count). The lowest BCUT2D eigenvalue weighted by molar-refractivity contribution is -0.115. The van der Waals surface area contributed by atoms with Crippen molar-refractivity contribution in [2.45, 2.75) is 0 Å². The quantitative estimate of drug-likeness (QED) is 0.739. The maximum absolute atomic E-state index is 12.9. The summed E-state index contributed by atoms with van der Waals surface area (Å²) in [7, 11) is 0. The number of H-pyrrole nitrogens is 1. The second kappa shape index (κ2) is 5.71. The van der Waals surface area contributed by atoms with E-state index in [0.29, 0.717) is 0 Å². The number of nitrogens with zero attached hydrogens (tertiary/aromatic N) is 2. The van der Waals surface area contributed by atoms with E-state index >= 15 is 0 Å². The Kier molecular flexibility index (Phi) is 3.81. The van der Waals surface area contributed by atoms with Crippen LogP contribution in [0, 0.1) is 5.82 Å². The lowest BCUT2D eigenvalue weighted by Crippen LogP contribution is -2.33. The summed E-state index contributed by atoms with van der Waals surface area (Å²) in [4.78, 5) is 26.7. The van der Waals surface area contributed by atoms with Crippen molar-refractivity contribution >= 4 is 17.8 Å². The molecule has 0 aliphatic heterocycles. The molecule has 2 aromatic rings. The third kappa shape index (κ3) is 3.60. The molecule has 1 aromatic carbocycles. The van der Waals surface area contributed by atoms with E-state index in [1.165, 1.54) is 24.5 Å². The highest BCUT2D eigenvalue weighted by molar-refractivity contribution is 5.98. The third-order valence-electron chi connectivity index (χ3n) is 2.17. The van der Waals surface area contributed by atoms with Crippen LogP contribution in [0.2, 0.25) is 0 Å². The van der Waals surface area contributed by atoms with Gasteiger partial charge in [-0.15, -0.1) is 0 Å². The Morgan fingerprint density at radius 3 is 2.89 bits per heavy atom. The van der Waals surface area contributed by atoms with Gasteiger partial charge in [0, 0.05) is 5.56 Å². The molecule has 7 nitrogen and oxygen atoms in total. The summed E-state index contributed by atoms with van der Waals surface area (Å²) in [6.45, 7) is -0.254. The minimum Gasteiger partial charge on any atom is -0.343 e. The van der Waals surface area contributed by atoms with Crippen LogP contribution in [-0.2, 0) is 4.79 Å². The number of rotatable bonds is 4. The molecule has 3 N–H and O–H groups in total. The Morgan fingerprint density at radius 2 is 2.21 bits per heavy atom. The minimum absolute atomic E-state index is 0.146. The zero-order chi connectivity index (χ0) is 13.7. The number of nitrogens with one attached hydrogen (secondary N) is 3. The maximum Gasteiger partial charge on any atom is 0.251 e. The Labute approximate surface area is 107 Å². The first-order chi connectivity index (χ1) is 9.15. The maximum atomic E-state index is 12.9. The van der Waals surface area contributed by atoms with Gasteiger partial charge in [-0.25, -0.2) is 9.49 Å². The highest BCUT2D eigenvalue weighted by Gasteiger charge is 2.09. The molecule has 0 fully saturated rings. The van der Waals surface area contributed by atoms with Crippen molar-refractivity contribution in [2.24, 2.45) is 0 Å². The van der Waals surface area contributed by atoms with E-state index in [1.54, 1.807) is 0 Å². The fraction of sp³-hybridized carbons (Fsp3) is 0.0909. The molecule has 0 aliphatic carbocycles. The molecule has 0 radical (unpaired) electrons. The Hall–Kier alpha value is -2.77. The largest absolute Gasteiger partial charge is 0.343 e. The number of aromatic nitrogens is 3. The van der Waals surface area contributed by atoms with Gasteiger partial charge in [0.2, 0.25) is 11.9 Å². The highest BCUT2D eigenvalue weighted by atomic mass is 19.1. The standard InChI is InChI=1S/C11H10FN5O2/c12-8-3-1-2-7(4-8)10(19)13-5-9(18)16-11-14-6-15-17-11/h1-4,6H,5H2,(H,13,19)(H2,14,15,16,17,18). The van der Waals surface area contributed by atoms with Gasteiger partial charge < -0.3 is 5.32 Å². The van der Waals surface area contributed by atoms with Crippen molar-refractivity contribution in [3.63, 3.8) is 0 Å². The van der Waals surface area contributed by atoms with Gasteiger partial charge in [0.25, 0.3) is 5.91 Å². The number of benzene rings is 1. The molecule has 2 amide bonds. The van der Waals surface area contributed by atoms with Gasteiger partial charge in [0.05, 0.1) is 6.54 Å². The van der Waals surface area contributed by atoms with Crippen LogP contribution in [0.3, 0.4) is 0 Å². The highest BCUT2D eigenvalue weighted by Crippen LogP contribution is 2.02. The number of amides is 2. The second-order valence-corrected chi connectivity index (χ2v) is 3.58. The number of aromatic amines is 1. The molecule has 0 unspecified atom stereocenters. The lowest BCUT2D eigenvalue weighted by atomic mass is 10.2. The van der Waals surface area contributed by atoms with Crippen LogP contribution in [-0.4, -0.2) is 33.5 Å². The van der Waals surface area contributed by atoms with Crippen molar-refractivity contribution < 1.29 is 14.0 Å². The third-order valence-corrected chi connectivity index (χ3v) is 2.17. The van der Waals surface area contributed by atoms with Gasteiger partial charge in [-0.2, -0.15) is 10.1 Å². The summed E-state index contributed by atoms with van der Waals surface area (Å²) in [5, 5.41) is 10.7. The van der Waals surface area contributed by atoms with Crippen LogP contribution < -0.4 is 10.6 Å². The first-order valence-electron chi connectivity index (χ1n) is 5.34. The van der Waals surface area contributed by atoms with E-state index in [9.17, 15) is 14.0 Å². The SMILES string of the molecule is O=C(CNC(=O)c1cccc(F)c1)Nc1ncn[nH]1. The van der Waals surface area contributed by atoms with Gasteiger partial charge in [-0.05, 0) is 18.2 Å². The molecule has 0 saturated carbocycles. The number of halogens is 1. The van der Waals surface area contributed by atoms with Gasteiger partial charge in [-0.3, -0.25) is 14.9 Å². The number of hydrogen-bond acceptors (Lipinski definition) is 4. The Bertz CT molecular complexity index is 585. The Balaban J connectivity index is 1.85. The van der Waals surface area contributed by atoms with Gasteiger partial charge in [0.15, 0.2) is 0 Å². The number of hydrogen-bond donors (Lipinski definition) is 3. The molecule has 0 saturated heterocycles. The van der Waals surface area contributed by atoms with E-state index < -0.39 is 17.6 Å². The minimum atomic E-state index is -0.535. The van der Waals surface area contributed by atoms with Crippen molar-refractivity contribution in [3.05, 3.63) is 42.0 Å². The molecule has 0 atom stereocenters. The molecule has 0 spiro atoms. The average molecular weight is 263 g/mol. The zero-order valence-corrected chi connectivity index (χ0v) is 9.68. The average Bonchev–Trinajstić information content (AvgIpc) is 2.88. The molecular weight excluding hydrogens is 253 g/mol. The van der Waals surface area contributed by atoms with E-state index in [0.717, 1.165) is 6.07 Å². The van der Waals surface area contributed by atoms with Crippen molar-refractivity contribution in [1.29, 1.82) is 0 Å². The first-order valence-corrected chi connectivity index (χ1v) is 5.34. The number of anilines is 1. The molecule has 98 valence electrons. The van der Waals surface area contributed by atoms with Gasteiger partial charge >= 0.3 is 0 Å². The van der Waals surface area contributed by atoms with E-state index in [-0.39, 0.29) is 18.1 Å². The van der Waals surface area contributed by atoms with Crippen LogP contribution >= 0.6 is 0 Å². The Morgan fingerprint density at radius 1 is 1.37 bits per heavy atom. The number of carbonyl (C=O) groups is 2. The summed E-state index contributed by atoms with van der Waals surface area (Å²) in [6.07, 6.45) is 1.24. The fourth-order valence-corrected chi connectivity index (χ4v) is 1.33. The molecule has 0 bridgehead atoms.